The Labute approximate surface area is 160 Å². The fraction of sp³-hybridized carbons (Fsp3) is 0.278. The molecule has 1 atom stereocenters. The summed E-state index contributed by atoms with van der Waals surface area (Å²) in [6.07, 6.45) is 0.729. The molecular formula is C18H18N4O6. The van der Waals surface area contributed by atoms with Crippen LogP contribution in [0.4, 0.5) is 16.3 Å². The first kappa shape index (κ1) is 19.1. The average molecular weight is 386 g/mol. The first-order valence-electron chi connectivity index (χ1n) is 8.52. The number of rotatable bonds is 5. The topological polar surface area (TPSA) is 126 Å². The lowest BCUT2D eigenvalue weighted by Crippen LogP contribution is -2.58. The summed E-state index contributed by atoms with van der Waals surface area (Å²) in [5.74, 6) is -1.24. The van der Waals surface area contributed by atoms with Crippen LogP contribution in [0.5, 0.6) is 0 Å². The molecule has 1 aromatic carbocycles. The van der Waals surface area contributed by atoms with E-state index >= 15 is 0 Å². The van der Waals surface area contributed by atoms with Crippen molar-refractivity contribution in [2.24, 2.45) is 0 Å². The number of pyridine rings is 1. The molecule has 1 aliphatic rings. The number of hydrogen-bond acceptors (Lipinski definition) is 7. The van der Waals surface area contributed by atoms with Crippen LogP contribution in [0.2, 0.25) is 0 Å². The number of carboxylic acids is 1. The summed E-state index contributed by atoms with van der Waals surface area (Å²) in [5.41, 5.74) is 0.530. The van der Waals surface area contributed by atoms with Crippen LogP contribution in [-0.4, -0.2) is 57.7 Å². The van der Waals surface area contributed by atoms with Crippen molar-refractivity contribution >= 4 is 23.6 Å². The third kappa shape index (κ3) is 4.17. The molecule has 3 rings (SSSR count). The average Bonchev–Trinajstić information content (AvgIpc) is 2.72. The number of amides is 1. The first-order chi connectivity index (χ1) is 13.5. The lowest BCUT2D eigenvalue weighted by molar-refractivity contribution is -0.384. The summed E-state index contributed by atoms with van der Waals surface area (Å²) in [6, 6.07) is 10.6. The molecular weight excluding hydrogens is 368 g/mol. The van der Waals surface area contributed by atoms with Gasteiger partial charge >= 0.3 is 17.7 Å². The van der Waals surface area contributed by atoms with E-state index in [0.29, 0.717) is 0 Å². The lowest BCUT2D eigenvalue weighted by Gasteiger charge is -2.38. The number of piperazine rings is 1. The van der Waals surface area contributed by atoms with E-state index in [4.69, 9.17) is 4.74 Å². The van der Waals surface area contributed by atoms with Gasteiger partial charge in [-0.1, -0.05) is 30.3 Å². The van der Waals surface area contributed by atoms with Crippen LogP contribution in [0, 0.1) is 10.1 Å². The molecule has 1 N–H and O–H groups in total. The summed E-state index contributed by atoms with van der Waals surface area (Å²) in [6.45, 7) is 0.139. The number of benzene rings is 1. The SMILES string of the molecule is O=C(O)C1CN(C(=O)OCc2ccccc2)CCN1c1ncccc1[N+](=O)[O-]. The van der Waals surface area contributed by atoms with Gasteiger partial charge < -0.3 is 19.6 Å². The minimum atomic E-state index is -1.21. The highest BCUT2D eigenvalue weighted by Gasteiger charge is 2.38. The molecule has 146 valence electrons. The van der Waals surface area contributed by atoms with Crippen molar-refractivity contribution in [2.45, 2.75) is 12.6 Å². The Bertz CT molecular complexity index is 875. The summed E-state index contributed by atoms with van der Waals surface area (Å²) < 4.78 is 5.25. The van der Waals surface area contributed by atoms with E-state index in [2.05, 4.69) is 4.98 Å². The van der Waals surface area contributed by atoms with Crippen LogP contribution in [-0.2, 0) is 16.1 Å². The Balaban J connectivity index is 1.72. The standard InChI is InChI=1S/C18H18N4O6/c23-17(24)15-11-20(18(25)28-12-13-5-2-1-3-6-13)9-10-21(15)16-14(22(26)27)7-4-8-19-16/h1-8,15H,9-12H2,(H,23,24). The molecule has 0 radical (unpaired) electrons. The minimum Gasteiger partial charge on any atom is -0.480 e. The second-order valence-electron chi connectivity index (χ2n) is 6.14. The fourth-order valence-corrected chi connectivity index (χ4v) is 2.98. The van der Waals surface area contributed by atoms with Crippen LogP contribution in [0.25, 0.3) is 0 Å². The summed E-state index contributed by atoms with van der Waals surface area (Å²) >= 11 is 0. The number of carbonyl (C=O) groups excluding carboxylic acids is 1. The maximum atomic E-state index is 12.3. The molecule has 0 aliphatic carbocycles. The number of nitrogens with zero attached hydrogens (tertiary/aromatic N) is 4. The molecule has 1 amide bonds. The van der Waals surface area contributed by atoms with Crippen molar-refractivity contribution in [3.05, 3.63) is 64.3 Å². The highest BCUT2D eigenvalue weighted by atomic mass is 16.6. The van der Waals surface area contributed by atoms with E-state index in [1.54, 1.807) is 0 Å². The number of nitro groups is 1. The Kier molecular flexibility index (Phi) is 5.68. The van der Waals surface area contributed by atoms with Gasteiger partial charge in [-0.15, -0.1) is 0 Å². The van der Waals surface area contributed by atoms with E-state index in [-0.39, 0.29) is 37.7 Å². The number of aliphatic carboxylic acids is 1. The van der Waals surface area contributed by atoms with Crippen molar-refractivity contribution in [3.63, 3.8) is 0 Å². The molecule has 1 aromatic heterocycles. The third-order valence-electron chi connectivity index (χ3n) is 4.36. The van der Waals surface area contributed by atoms with Gasteiger partial charge in [-0.25, -0.2) is 14.6 Å². The number of anilines is 1. The lowest BCUT2D eigenvalue weighted by atomic mass is 10.1. The molecule has 0 bridgehead atoms. The maximum absolute atomic E-state index is 12.3. The molecule has 2 heterocycles. The van der Waals surface area contributed by atoms with Gasteiger partial charge in [0.05, 0.1) is 11.5 Å². The molecule has 1 fully saturated rings. The van der Waals surface area contributed by atoms with E-state index in [1.807, 2.05) is 30.3 Å². The molecule has 1 saturated heterocycles. The van der Waals surface area contributed by atoms with E-state index < -0.39 is 23.0 Å². The summed E-state index contributed by atoms with van der Waals surface area (Å²) in [5, 5.41) is 20.8. The van der Waals surface area contributed by atoms with Gasteiger partial charge in [-0.3, -0.25) is 10.1 Å². The van der Waals surface area contributed by atoms with Crippen LogP contribution in [0.15, 0.2) is 48.7 Å². The number of aromatic nitrogens is 1. The first-order valence-corrected chi connectivity index (χ1v) is 8.52. The molecule has 0 saturated carbocycles. The largest absolute Gasteiger partial charge is 0.480 e. The fourth-order valence-electron chi connectivity index (χ4n) is 2.98. The highest BCUT2D eigenvalue weighted by molar-refractivity contribution is 5.81. The van der Waals surface area contributed by atoms with Gasteiger partial charge in [0, 0.05) is 25.4 Å². The monoisotopic (exact) mass is 386 g/mol. The molecule has 28 heavy (non-hydrogen) atoms. The number of hydrogen-bond donors (Lipinski definition) is 1. The quantitative estimate of drug-likeness (QED) is 0.610. The molecule has 10 nitrogen and oxygen atoms in total. The van der Waals surface area contributed by atoms with Crippen molar-refractivity contribution in [3.8, 4) is 0 Å². The van der Waals surface area contributed by atoms with Gasteiger partial charge in [0.15, 0.2) is 0 Å². The van der Waals surface area contributed by atoms with Gasteiger partial charge in [0.1, 0.15) is 12.6 Å². The smallest absolute Gasteiger partial charge is 0.410 e. The van der Waals surface area contributed by atoms with E-state index in [9.17, 15) is 24.8 Å². The van der Waals surface area contributed by atoms with Crippen LogP contribution in [0.3, 0.4) is 0 Å². The predicted molar refractivity (Wildman–Crippen MR) is 97.9 cm³/mol. The van der Waals surface area contributed by atoms with Crippen molar-refractivity contribution in [1.29, 1.82) is 0 Å². The zero-order valence-electron chi connectivity index (χ0n) is 14.8. The Morgan fingerprint density at radius 3 is 2.64 bits per heavy atom. The number of carbonyl (C=O) groups is 2. The molecule has 2 aromatic rings. The summed E-state index contributed by atoms with van der Waals surface area (Å²) in [4.78, 5) is 41.3. The van der Waals surface area contributed by atoms with Crippen molar-refractivity contribution < 1.29 is 24.4 Å². The summed E-state index contributed by atoms with van der Waals surface area (Å²) in [7, 11) is 0. The second-order valence-corrected chi connectivity index (χ2v) is 6.14. The maximum Gasteiger partial charge on any atom is 0.410 e. The molecule has 0 spiro atoms. The van der Waals surface area contributed by atoms with Crippen LogP contribution < -0.4 is 4.90 Å². The van der Waals surface area contributed by atoms with Crippen LogP contribution >= 0.6 is 0 Å². The minimum absolute atomic E-state index is 0.0304. The Morgan fingerprint density at radius 1 is 1.21 bits per heavy atom. The van der Waals surface area contributed by atoms with Gasteiger partial charge in [0.25, 0.3) is 0 Å². The van der Waals surface area contributed by atoms with Crippen molar-refractivity contribution in [1.82, 2.24) is 9.88 Å². The predicted octanol–water partition coefficient (Wildman–Crippen LogP) is 1.90. The van der Waals surface area contributed by atoms with E-state index in [0.717, 1.165) is 5.56 Å². The second kappa shape index (κ2) is 8.33. The Hall–Kier alpha value is -3.69. The molecule has 1 aliphatic heterocycles. The zero-order chi connectivity index (χ0) is 20.1. The highest BCUT2D eigenvalue weighted by Crippen LogP contribution is 2.28. The van der Waals surface area contributed by atoms with Gasteiger partial charge in [-0.2, -0.15) is 0 Å². The van der Waals surface area contributed by atoms with Crippen molar-refractivity contribution in [2.75, 3.05) is 24.5 Å². The molecule has 1 unspecified atom stereocenters. The Morgan fingerprint density at radius 2 is 1.96 bits per heavy atom. The number of carboxylic acid groups (broad SMARTS) is 1. The normalized spacial score (nSPS) is 16.5. The van der Waals surface area contributed by atoms with Gasteiger partial charge in [-0.05, 0) is 11.6 Å². The molecule has 10 heteroatoms. The van der Waals surface area contributed by atoms with E-state index in [1.165, 1.54) is 28.1 Å². The van der Waals surface area contributed by atoms with Gasteiger partial charge in [0.2, 0.25) is 5.82 Å². The number of ether oxygens (including phenoxy) is 1. The third-order valence-corrected chi connectivity index (χ3v) is 4.36. The van der Waals surface area contributed by atoms with Crippen LogP contribution in [0.1, 0.15) is 5.56 Å². The zero-order valence-corrected chi connectivity index (χ0v) is 14.8.